The number of morpholine rings is 1. The van der Waals surface area contributed by atoms with Gasteiger partial charge < -0.3 is 10.1 Å². The summed E-state index contributed by atoms with van der Waals surface area (Å²) < 4.78 is 5.71. The summed E-state index contributed by atoms with van der Waals surface area (Å²) >= 11 is 0. The molecule has 1 aliphatic heterocycles. The molecular formula is C17H34N2O. The Bertz CT molecular complexity index is 314. The Balaban J connectivity index is 2.13. The van der Waals surface area contributed by atoms with Crippen LogP contribution in [0.2, 0.25) is 0 Å². The van der Waals surface area contributed by atoms with Crippen molar-refractivity contribution in [2.45, 2.75) is 77.9 Å². The van der Waals surface area contributed by atoms with Gasteiger partial charge in [0.2, 0.25) is 0 Å². The van der Waals surface area contributed by atoms with Crippen LogP contribution in [-0.4, -0.2) is 48.8 Å². The predicted octanol–water partition coefficient (Wildman–Crippen LogP) is 3.04. The second-order valence-electron chi connectivity index (χ2n) is 8.09. The predicted molar refractivity (Wildman–Crippen MR) is 85.1 cm³/mol. The molecule has 2 aliphatic rings. The molecule has 3 nitrogen and oxygen atoms in total. The summed E-state index contributed by atoms with van der Waals surface area (Å²) in [6.45, 7) is 15.8. The van der Waals surface area contributed by atoms with E-state index >= 15 is 0 Å². The molecule has 0 amide bonds. The minimum Gasteiger partial charge on any atom is -0.378 e. The van der Waals surface area contributed by atoms with Gasteiger partial charge in [-0.05, 0) is 51.5 Å². The molecule has 0 bridgehead atoms. The summed E-state index contributed by atoms with van der Waals surface area (Å²) in [6.07, 6.45) is 5.18. The third-order valence-electron chi connectivity index (χ3n) is 5.12. The monoisotopic (exact) mass is 282 g/mol. The van der Waals surface area contributed by atoms with Gasteiger partial charge in [0.15, 0.2) is 0 Å². The molecule has 0 aromatic heterocycles. The summed E-state index contributed by atoms with van der Waals surface area (Å²) in [5, 5.41) is 3.81. The minimum atomic E-state index is 0.169. The van der Waals surface area contributed by atoms with Gasteiger partial charge >= 0.3 is 0 Å². The molecule has 2 rings (SSSR count). The van der Waals surface area contributed by atoms with Gasteiger partial charge in [-0.3, -0.25) is 4.90 Å². The highest BCUT2D eigenvalue weighted by Gasteiger charge is 2.43. The first-order valence-electron chi connectivity index (χ1n) is 8.44. The Hall–Kier alpha value is -0.120. The van der Waals surface area contributed by atoms with Crippen molar-refractivity contribution >= 4 is 0 Å². The zero-order chi connectivity index (χ0) is 14.8. The number of ether oxygens (including phenoxy) is 1. The van der Waals surface area contributed by atoms with Gasteiger partial charge in [0, 0.05) is 24.2 Å². The Kier molecular flexibility index (Phi) is 5.14. The number of nitrogens with one attached hydrogen (secondary N) is 1. The van der Waals surface area contributed by atoms with Crippen molar-refractivity contribution < 1.29 is 4.74 Å². The van der Waals surface area contributed by atoms with Gasteiger partial charge in [-0.2, -0.15) is 0 Å². The van der Waals surface area contributed by atoms with E-state index in [4.69, 9.17) is 4.74 Å². The fourth-order valence-electron chi connectivity index (χ4n) is 3.93. The standard InChI is InChI=1S/C17H34N2O/c1-6-9-18-14-7-8-16(2,3)12-15(14)19-10-11-20-13-17(19,4)5/h14-15,18H,6-13H2,1-5H3. The molecule has 118 valence electrons. The maximum absolute atomic E-state index is 5.71. The lowest BCUT2D eigenvalue weighted by atomic mass is 9.71. The van der Waals surface area contributed by atoms with E-state index in [0.29, 0.717) is 17.5 Å². The molecule has 1 heterocycles. The molecule has 3 heteroatoms. The van der Waals surface area contributed by atoms with E-state index < -0.39 is 0 Å². The quantitative estimate of drug-likeness (QED) is 0.858. The van der Waals surface area contributed by atoms with Crippen molar-refractivity contribution in [2.24, 2.45) is 5.41 Å². The van der Waals surface area contributed by atoms with Crippen LogP contribution in [0.25, 0.3) is 0 Å². The highest BCUT2D eigenvalue weighted by molar-refractivity contribution is 4.99. The third kappa shape index (κ3) is 3.75. The first-order chi connectivity index (χ1) is 9.36. The molecule has 1 saturated heterocycles. The summed E-state index contributed by atoms with van der Waals surface area (Å²) in [6, 6.07) is 1.31. The van der Waals surface area contributed by atoms with Crippen molar-refractivity contribution in [3.63, 3.8) is 0 Å². The molecule has 0 aromatic rings. The fourth-order valence-corrected chi connectivity index (χ4v) is 3.93. The zero-order valence-electron chi connectivity index (χ0n) is 14.2. The van der Waals surface area contributed by atoms with Gasteiger partial charge in [0.1, 0.15) is 0 Å². The number of hydrogen-bond donors (Lipinski definition) is 1. The van der Waals surface area contributed by atoms with Gasteiger partial charge in [0.25, 0.3) is 0 Å². The van der Waals surface area contributed by atoms with Gasteiger partial charge in [0.05, 0.1) is 13.2 Å². The molecular weight excluding hydrogens is 248 g/mol. The normalized spacial score (nSPS) is 34.0. The summed E-state index contributed by atoms with van der Waals surface area (Å²) in [4.78, 5) is 2.73. The van der Waals surface area contributed by atoms with Crippen LogP contribution in [0, 0.1) is 5.41 Å². The number of rotatable bonds is 4. The van der Waals surface area contributed by atoms with Crippen LogP contribution >= 0.6 is 0 Å². The lowest BCUT2D eigenvalue weighted by molar-refractivity contribution is -0.0936. The maximum atomic E-state index is 5.71. The molecule has 0 aromatic carbocycles. The summed E-state index contributed by atoms with van der Waals surface area (Å²) in [7, 11) is 0. The molecule has 1 saturated carbocycles. The lowest BCUT2D eigenvalue weighted by Gasteiger charge is -2.53. The van der Waals surface area contributed by atoms with E-state index in [9.17, 15) is 0 Å². The molecule has 0 spiro atoms. The Morgan fingerprint density at radius 3 is 2.65 bits per heavy atom. The highest BCUT2D eigenvalue weighted by Crippen LogP contribution is 2.40. The highest BCUT2D eigenvalue weighted by atomic mass is 16.5. The van der Waals surface area contributed by atoms with Crippen LogP contribution in [0.5, 0.6) is 0 Å². The minimum absolute atomic E-state index is 0.169. The van der Waals surface area contributed by atoms with E-state index in [0.717, 1.165) is 26.3 Å². The van der Waals surface area contributed by atoms with Gasteiger partial charge in [-0.15, -0.1) is 0 Å². The van der Waals surface area contributed by atoms with Gasteiger partial charge in [-0.25, -0.2) is 0 Å². The van der Waals surface area contributed by atoms with Crippen LogP contribution in [0.1, 0.15) is 60.3 Å². The topological polar surface area (TPSA) is 24.5 Å². The van der Waals surface area contributed by atoms with Crippen molar-refractivity contribution in [1.82, 2.24) is 10.2 Å². The molecule has 2 fully saturated rings. The Labute approximate surface area is 125 Å². The van der Waals surface area contributed by atoms with Crippen molar-refractivity contribution in [1.29, 1.82) is 0 Å². The van der Waals surface area contributed by atoms with E-state index in [-0.39, 0.29) is 5.54 Å². The molecule has 0 radical (unpaired) electrons. The smallest absolute Gasteiger partial charge is 0.0645 e. The molecule has 1 N–H and O–H groups in total. The Morgan fingerprint density at radius 2 is 2.00 bits per heavy atom. The fraction of sp³-hybridized carbons (Fsp3) is 1.00. The molecule has 2 unspecified atom stereocenters. The molecule has 1 aliphatic carbocycles. The Morgan fingerprint density at radius 1 is 1.25 bits per heavy atom. The molecule has 2 atom stereocenters. The second-order valence-corrected chi connectivity index (χ2v) is 8.09. The van der Waals surface area contributed by atoms with E-state index in [2.05, 4.69) is 44.8 Å². The SMILES string of the molecule is CCCNC1CCC(C)(C)CC1N1CCOCC1(C)C. The molecule has 20 heavy (non-hydrogen) atoms. The van der Waals surface area contributed by atoms with Crippen LogP contribution in [0.15, 0.2) is 0 Å². The largest absolute Gasteiger partial charge is 0.378 e. The average Bonchev–Trinajstić information content (AvgIpc) is 2.36. The maximum Gasteiger partial charge on any atom is 0.0645 e. The number of hydrogen-bond acceptors (Lipinski definition) is 3. The summed E-state index contributed by atoms with van der Waals surface area (Å²) in [5.74, 6) is 0. The van der Waals surface area contributed by atoms with Crippen LogP contribution in [0.4, 0.5) is 0 Å². The van der Waals surface area contributed by atoms with Gasteiger partial charge in [-0.1, -0.05) is 20.8 Å². The first-order valence-corrected chi connectivity index (χ1v) is 8.44. The van der Waals surface area contributed by atoms with E-state index in [1.807, 2.05) is 0 Å². The lowest BCUT2D eigenvalue weighted by Crippen LogP contribution is -2.64. The average molecular weight is 282 g/mol. The van der Waals surface area contributed by atoms with E-state index in [1.165, 1.54) is 25.7 Å². The summed E-state index contributed by atoms with van der Waals surface area (Å²) in [5.41, 5.74) is 0.645. The van der Waals surface area contributed by atoms with Crippen molar-refractivity contribution in [3.05, 3.63) is 0 Å². The third-order valence-corrected chi connectivity index (χ3v) is 5.12. The van der Waals surface area contributed by atoms with Crippen LogP contribution < -0.4 is 5.32 Å². The second kappa shape index (κ2) is 6.33. The van der Waals surface area contributed by atoms with Crippen molar-refractivity contribution in [3.8, 4) is 0 Å². The number of nitrogens with zero attached hydrogens (tertiary/aromatic N) is 1. The first kappa shape index (κ1) is 16.3. The zero-order valence-corrected chi connectivity index (χ0v) is 14.2. The van der Waals surface area contributed by atoms with Crippen LogP contribution in [-0.2, 0) is 4.74 Å². The van der Waals surface area contributed by atoms with Crippen molar-refractivity contribution in [2.75, 3.05) is 26.3 Å². The van der Waals surface area contributed by atoms with Crippen LogP contribution in [0.3, 0.4) is 0 Å². The van der Waals surface area contributed by atoms with E-state index in [1.54, 1.807) is 0 Å².